The molecule has 2 aromatic rings. The number of nitrogens with zero attached hydrogens (tertiary/aromatic N) is 2. The predicted octanol–water partition coefficient (Wildman–Crippen LogP) is -0.168. The van der Waals surface area contributed by atoms with E-state index in [1.54, 1.807) is 24.3 Å². The van der Waals surface area contributed by atoms with Crippen LogP contribution in [0.1, 0.15) is 29.6 Å². The summed E-state index contributed by atoms with van der Waals surface area (Å²) in [6.07, 6.45) is -0.340. The van der Waals surface area contributed by atoms with E-state index in [2.05, 4.69) is 10.3 Å². The number of fused-ring (bicyclic) bond motifs is 1. The van der Waals surface area contributed by atoms with E-state index in [4.69, 9.17) is 16.2 Å². The largest absolute Gasteiger partial charge is 0.507 e. The molecule has 1 saturated heterocycles. The number of aliphatic hydroxyl groups excluding tert-OH is 1. The van der Waals surface area contributed by atoms with Crippen LogP contribution >= 0.6 is 0 Å². The highest BCUT2D eigenvalue weighted by molar-refractivity contribution is 6.10. The van der Waals surface area contributed by atoms with Crippen molar-refractivity contribution in [1.82, 2.24) is 10.2 Å². The van der Waals surface area contributed by atoms with Gasteiger partial charge in [0, 0.05) is 19.5 Å². The van der Waals surface area contributed by atoms with Gasteiger partial charge < -0.3 is 36.6 Å². The number of hydrogen-bond donors (Lipinski definition) is 5. The van der Waals surface area contributed by atoms with Gasteiger partial charge in [0.15, 0.2) is 5.96 Å². The van der Waals surface area contributed by atoms with Crippen LogP contribution in [0.2, 0.25) is 0 Å². The molecule has 0 spiro atoms. The molecular weight excluding hydrogens is 442 g/mol. The van der Waals surface area contributed by atoms with Crippen molar-refractivity contribution in [1.29, 1.82) is 0 Å². The third kappa shape index (κ3) is 5.54. The summed E-state index contributed by atoms with van der Waals surface area (Å²) in [6, 6.07) is 8.13. The summed E-state index contributed by atoms with van der Waals surface area (Å²) in [5, 5.41) is 24.4. The summed E-state index contributed by atoms with van der Waals surface area (Å²) in [5.74, 6) is -2.18. The first-order valence-electron chi connectivity index (χ1n) is 10.9. The molecule has 3 atom stereocenters. The van der Waals surface area contributed by atoms with Gasteiger partial charge in [0.2, 0.25) is 5.91 Å². The standard InChI is InChI=1S/C23H29N5O6/c1-34-22(33)17-11-14(29)12-28(17)21(32)16(7-4-10-26-23(24)25)27-20(31)19-15-6-3-2-5-13(15)8-9-18(19)30/h2-3,5-6,8-9,14,16-17,29-30H,4,7,10-12H2,1H3,(H,27,31)(H4,24,25,26)/t14-,16+,17+/m1/s1. The van der Waals surface area contributed by atoms with Crippen molar-refractivity contribution >= 4 is 34.5 Å². The Hall–Kier alpha value is -3.86. The quantitative estimate of drug-likeness (QED) is 0.152. The Bertz CT molecular complexity index is 1100. The second-order valence-electron chi connectivity index (χ2n) is 8.07. The molecule has 0 radical (unpaired) electrons. The van der Waals surface area contributed by atoms with Crippen LogP contribution in [0, 0.1) is 0 Å². The molecule has 0 saturated carbocycles. The Labute approximate surface area is 196 Å². The minimum atomic E-state index is -1.06. The molecule has 1 heterocycles. The zero-order valence-corrected chi connectivity index (χ0v) is 18.8. The van der Waals surface area contributed by atoms with E-state index < -0.39 is 36.0 Å². The van der Waals surface area contributed by atoms with Crippen molar-refractivity contribution in [2.45, 2.75) is 37.5 Å². The number of likely N-dealkylation sites (tertiary alicyclic amines) is 1. The number of aliphatic hydroxyl groups is 1. The molecule has 1 fully saturated rings. The number of carbonyl (C=O) groups excluding carboxylic acids is 3. The van der Waals surface area contributed by atoms with Gasteiger partial charge in [-0.05, 0) is 29.7 Å². The highest BCUT2D eigenvalue weighted by Crippen LogP contribution is 2.28. The first-order chi connectivity index (χ1) is 16.2. The van der Waals surface area contributed by atoms with E-state index in [9.17, 15) is 24.6 Å². The highest BCUT2D eigenvalue weighted by atomic mass is 16.5. The van der Waals surface area contributed by atoms with Gasteiger partial charge >= 0.3 is 5.97 Å². The van der Waals surface area contributed by atoms with Gasteiger partial charge in [-0.25, -0.2) is 4.79 Å². The van der Waals surface area contributed by atoms with E-state index in [-0.39, 0.29) is 43.2 Å². The number of aliphatic imine (C=N–C) groups is 1. The van der Waals surface area contributed by atoms with Crippen molar-refractivity contribution in [3.05, 3.63) is 42.0 Å². The van der Waals surface area contributed by atoms with Crippen LogP contribution in [0.15, 0.2) is 41.4 Å². The Morgan fingerprint density at radius 1 is 1.24 bits per heavy atom. The second kappa shape index (κ2) is 10.8. The molecule has 34 heavy (non-hydrogen) atoms. The van der Waals surface area contributed by atoms with Crippen LogP contribution in [0.3, 0.4) is 0 Å². The fraction of sp³-hybridized carbons (Fsp3) is 0.391. The maximum absolute atomic E-state index is 13.4. The summed E-state index contributed by atoms with van der Waals surface area (Å²) >= 11 is 0. The van der Waals surface area contributed by atoms with Crippen molar-refractivity contribution in [2.75, 3.05) is 20.2 Å². The Morgan fingerprint density at radius 3 is 2.68 bits per heavy atom. The Kier molecular flexibility index (Phi) is 7.90. The summed E-state index contributed by atoms with van der Waals surface area (Å²) in [7, 11) is 1.20. The number of amides is 2. The number of rotatable bonds is 8. The number of benzene rings is 2. The van der Waals surface area contributed by atoms with Gasteiger partial charge in [-0.15, -0.1) is 0 Å². The summed E-state index contributed by atoms with van der Waals surface area (Å²) < 4.78 is 4.77. The predicted molar refractivity (Wildman–Crippen MR) is 125 cm³/mol. The summed E-state index contributed by atoms with van der Waals surface area (Å²) in [4.78, 5) is 43.9. The van der Waals surface area contributed by atoms with Crippen molar-refractivity contribution in [3.63, 3.8) is 0 Å². The number of guanidine groups is 1. The lowest BCUT2D eigenvalue weighted by Gasteiger charge is -2.28. The molecule has 11 nitrogen and oxygen atoms in total. The molecule has 2 amide bonds. The van der Waals surface area contributed by atoms with Gasteiger partial charge in [-0.1, -0.05) is 30.3 Å². The lowest BCUT2D eigenvalue weighted by atomic mass is 10.0. The molecule has 11 heteroatoms. The summed E-state index contributed by atoms with van der Waals surface area (Å²) in [5.41, 5.74) is 10.7. The molecule has 7 N–H and O–H groups in total. The number of aromatic hydroxyl groups is 1. The first-order valence-corrected chi connectivity index (χ1v) is 10.9. The molecule has 2 aromatic carbocycles. The zero-order chi connectivity index (χ0) is 24.8. The second-order valence-corrected chi connectivity index (χ2v) is 8.07. The normalized spacial score (nSPS) is 18.4. The number of phenolic OH excluding ortho intramolecular Hbond substituents is 1. The van der Waals surface area contributed by atoms with Gasteiger partial charge in [0.25, 0.3) is 5.91 Å². The number of β-amino-alcohol motifs (C(OH)–C–C–N with tert-alkyl or cyclic N) is 1. The lowest BCUT2D eigenvalue weighted by Crippen LogP contribution is -2.52. The van der Waals surface area contributed by atoms with Gasteiger partial charge in [-0.2, -0.15) is 0 Å². The van der Waals surface area contributed by atoms with Gasteiger partial charge in [0.05, 0.1) is 18.8 Å². The number of methoxy groups -OCH3 is 1. The van der Waals surface area contributed by atoms with Crippen molar-refractivity contribution in [2.24, 2.45) is 16.5 Å². The smallest absolute Gasteiger partial charge is 0.328 e. The molecular formula is C23H29N5O6. The number of hydrogen-bond acceptors (Lipinski definition) is 7. The number of nitrogens with two attached hydrogens (primary N) is 2. The van der Waals surface area contributed by atoms with Crippen LogP contribution in [-0.2, 0) is 14.3 Å². The third-order valence-corrected chi connectivity index (χ3v) is 5.72. The number of ether oxygens (including phenoxy) is 1. The molecule has 0 bridgehead atoms. The zero-order valence-electron chi connectivity index (χ0n) is 18.8. The summed E-state index contributed by atoms with van der Waals surface area (Å²) in [6.45, 7) is 0.156. The van der Waals surface area contributed by atoms with Crippen LogP contribution in [0.4, 0.5) is 0 Å². The maximum Gasteiger partial charge on any atom is 0.328 e. The molecule has 0 aromatic heterocycles. The molecule has 1 aliphatic heterocycles. The number of phenols is 1. The van der Waals surface area contributed by atoms with E-state index in [1.165, 1.54) is 18.1 Å². The average Bonchev–Trinajstić information content (AvgIpc) is 3.21. The van der Waals surface area contributed by atoms with E-state index in [1.807, 2.05) is 6.07 Å². The van der Waals surface area contributed by atoms with E-state index in [0.717, 1.165) is 5.39 Å². The van der Waals surface area contributed by atoms with Gasteiger partial charge in [-0.3, -0.25) is 14.6 Å². The average molecular weight is 472 g/mol. The lowest BCUT2D eigenvalue weighted by molar-refractivity contribution is -0.151. The SMILES string of the molecule is COC(=O)[C@@H]1C[C@@H](O)CN1C(=O)[C@H](CCCN=C(N)N)NC(=O)c1c(O)ccc2ccccc12. The number of nitrogens with one attached hydrogen (secondary N) is 1. The van der Waals surface area contributed by atoms with E-state index >= 15 is 0 Å². The topological polar surface area (TPSA) is 181 Å². The number of esters is 1. The van der Waals surface area contributed by atoms with Crippen molar-refractivity contribution < 1.29 is 29.3 Å². The fourth-order valence-corrected chi connectivity index (χ4v) is 4.11. The molecule has 0 unspecified atom stereocenters. The maximum atomic E-state index is 13.4. The van der Waals surface area contributed by atoms with Crippen LogP contribution < -0.4 is 16.8 Å². The minimum absolute atomic E-state index is 0.0334. The highest BCUT2D eigenvalue weighted by Gasteiger charge is 2.42. The molecule has 1 aliphatic rings. The molecule has 182 valence electrons. The Balaban J connectivity index is 1.88. The van der Waals surface area contributed by atoms with Crippen LogP contribution in [0.25, 0.3) is 10.8 Å². The first kappa shape index (κ1) is 24.8. The molecule has 3 rings (SSSR count). The van der Waals surface area contributed by atoms with Crippen molar-refractivity contribution in [3.8, 4) is 5.75 Å². The third-order valence-electron chi connectivity index (χ3n) is 5.72. The van der Waals surface area contributed by atoms with E-state index in [0.29, 0.717) is 11.8 Å². The minimum Gasteiger partial charge on any atom is -0.507 e. The fourth-order valence-electron chi connectivity index (χ4n) is 4.11. The Morgan fingerprint density at radius 2 is 1.97 bits per heavy atom. The van der Waals surface area contributed by atoms with Crippen LogP contribution in [-0.4, -0.2) is 77.2 Å². The molecule has 0 aliphatic carbocycles. The van der Waals surface area contributed by atoms with Gasteiger partial charge in [0.1, 0.15) is 17.8 Å². The number of carbonyl (C=O) groups is 3. The van der Waals surface area contributed by atoms with Crippen LogP contribution in [0.5, 0.6) is 5.75 Å². The monoisotopic (exact) mass is 471 g/mol.